The average molecular weight is 327 g/mol. The molecule has 0 aliphatic heterocycles. The Labute approximate surface area is 117 Å². The molecule has 0 amide bonds. The molecule has 0 saturated carbocycles. The highest BCUT2D eigenvalue weighted by atomic mass is 79.9. The molecular formula is C12H11BrN2O2S. The fourth-order valence-electron chi connectivity index (χ4n) is 1.57. The number of benzene rings is 1. The highest BCUT2D eigenvalue weighted by Gasteiger charge is 2.13. The first-order valence-electron chi connectivity index (χ1n) is 5.32. The van der Waals surface area contributed by atoms with Gasteiger partial charge in [0.1, 0.15) is 0 Å². The van der Waals surface area contributed by atoms with Gasteiger partial charge in [-0.2, -0.15) is 0 Å². The molecule has 0 spiro atoms. The van der Waals surface area contributed by atoms with Crippen LogP contribution in [-0.4, -0.2) is 22.6 Å². The Hall–Kier alpha value is -1.40. The van der Waals surface area contributed by atoms with Crippen molar-refractivity contribution in [3.05, 3.63) is 44.8 Å². The Morgan fingerprint density at radius 1 is 1.50 bits per heavy atom. The minimum absolute atomic E-state index is 0.261. The Morgan fingerprint density at radius 3 is 3.00 bits per heavy atom. The molecule has 18 heavy (non-hydrogen) atoms. The molecule has 0 aliphatic rings. The van der Waals surface area contributed by atoms with Gasteiger partial charge >= 0.3 is 5.97 Å². The van der Waals surface area contributed by atoms with Crippen LogP contribution < -0.4 is 5.32 Å². The maximum absolute atomic E-state index is 11.2. The summed E-state index contributed by atoms with van der Waals surface area (Å²) < 4.78 is 0.578. The van der Waals surface area contributed by atoms with E-state index in [1.54, 1.807) is 29.7 Å². The van der Waals surface area contributed by atoms with Gasteiger partial charge in [-0.25, -0.2) is 9.78 Å². The lowest BCUT2D eigenvalue weighted by atomic mass is 10.2. The van der Waals surface area contributed by atoms with Gasteiger partial charge in [0.2, 0.25) is 0 Å². The molecule has 6 heteroatoms. The molecule has 0 radical (unpaired) electrons. The quantitative estimate of drug-likeness (QED) is 0.885. The Kier molecular flexibility index (Phi) is 4.33. The summed E-state index contributed by atoms with van der Waals surface area (Å²) in [5.74, 6) is -0.945. The number of carboxylic acids is 1. The fraction of sp³-hybridized carbons (Fsp3) is 0.167. The molecule has 0 unspecified atom stereocenters. The zero-order valence-electron chi connectivity index (χ0n) is 9.39. The number of hydrogen-bond acceptors (Lipinski definition) is 4. The first-order chi connectivity index (χ1) is 8.68. The lowest BCUT2D eigenvalue weighted by molar-refractivity contribution is 0.0697. The molecule has 2 N–H and O–H groups in total. The summed E-state index contributed by atoms with van der Waals surface area (Å²) in [6.45, 7) is 0.657. The van der Waals surface area contributed by atoms with Crippen molar-refractivity contribution < 1.29 is 9.90 Å². The normalized spacial score (nSPS) is 10.3. The van der Waals surface area contributed by atoms with Crippen molar-refractivity contribution in [2.75, 3.05) is 11.9 Å². The SMILES string of the molecule is O=C(O)c1c(Br)cccc1NCCc1nccs1. The van der Waals surface area contributed by atoms with E-state index in [9.17, 15) is 4.79 Å². The second kappa shape index (κ2) is 5.97. The lowest BCUT2D eigenvalue weighted by Gasteiger charge is -2.10. The molecule has 0 saturated heterocycles. The van der Waals surface area contributed by atoms with Gasteiger partial charge < -0.3 is 10.4 Å². The molecule has 94 valence electrons. The highest BCUT2D eigenvalue weighted by molar-refractivity contribution is 9.10. The largest absolute Gasteiger partial charge is 0.478 e. The van der Waals surface area contributed by atoms with Crippen LogP contribution in [-0.2, 0) is 6.42 Å². The molecule has 2 rings (SSSR count). The minimum atomic E-state index is -0.945. The third-order valence-corrected chi connectivity index (χ3v) is 3.87. The van der Waals surface area contributed by atoms with E-state index in [1.165, 1.54) is 0 Å². The summed E-state index contributed by atoms with van der Waals surface area (Å²) >= 11 is 4.84. The summed E-state index contributed by atoms with van der Waals surface area (Å²) in [4.78, 5) is 15.3. The summed E-state index contributed by atoms with van der Waals surface area (Å²) in [6, 6.07) is 5.29. The van der Waals surface area contributed by atoms with Crippen LogP contribution in [0, 0.1) is 0 Å². The summed E-state index contributed by atoms with van der Waals surface area (Å²) in [6.07, 6.45) is 2.55. The zero-order valence-corrected chi connectivity index (χ0v) is 11.8. The number of nitrogens with zero attached hydrogens (tertiary/aromatic N) is 1. The van der Waals surface area contributed by atoms with E-state index in [0.29, 0.717) is 16.7 Å². The smallest absolute Gasteiger partial charge is 0.338 e. The monoisotopic (exact) mass is 326 g/mol. The Bertz CT molecular complexity index is 543. The standard InChI is InChI=1S/C12H11BrN2O2S/c13-8-2-1-3-9(11(8)12(16)17)14-5-4-10-15-6-7-18-10/h1-3,6-7,14H,4-5H2,(H,16,17). The van der Waals surface area contributed by atoms with Crippen LogP contribution in [0.2, 0.25) is 0 Å². The van der Waals surface area contributed by atoms with Gasteiger partial charge in [-0.1, -0.05) is 6.07 Å². The van der Waals surface area contributed by atoms with Crippen molar-refractivity contribution in [2.45, 2.75) is 6.42 Å². The van der Waals surface area contributed by atoms with Crippen LogP contribution >= 0.6 is 27.3 Å². The number of hydrogen-bond donors (Lipinski definition) is 2. The number of nitrogens with one attached hydrogen (secondary N) is 1. The van der Waals surface area contributed by atoms with Gasteiger partial charge in [-0.15, -0.1) is 11.3 Å². The second-order valence-electron chi connectivity index (χ2n) is 3.57. The highest BCUT2D eigenvalue weighted by Crippen LogP contribution is 2.24. The Balaban J connectivity index is 2.05. The predicted molar refractivity (Wildman–Crippen MR) is 75.4 cm³/mol. The number of thiazole rings is 1. The maximum Gasteiger partial charge on any atom is 0.338 e. The van der Waals surface area contributed by atoms with Gasteiger partial charge in [-0.05, 0) is 28.1 Å². The topological polar surface area (TPSA) is 62.2 Å². The van der Waals surface area contributed by atoms with Crippen LogP contribution in [0.15, 0.2) is 34.2 Å². The van der Waals surface area contributed by atoms with E-state index >= 15 is 0 Å². The molecule has 1 aromatic heterocycles. The fourth-order valence-corrected chi connectivity index (χ4v) is 2.73. The van der Waals surface area contributed by atoms with Crippen molar-refractivity contribution in [1.29, 1.82) is 0 Å². The summed E-state index contributed by atoms with van der Waals surface area (Å²) in [7, 11) is 0. The number of carbonyl (C=O) groups is 1. The molecular weight excluding hydrogens is 316 g/mol. The van der Waals surface area contributed by atoms with Gasteiger partial charge in [0.05, 0.1) is 10.6 Å². The van der Waals surface area contributed by atoms with Crippen LogP contribution in [0.25, 0.3) is 0 Å². The van der Waals surface area contributed by atoms with Crippen LogP contribution in [0.5, 0.6) is 0 Å². The number of carboxylic acid groups (broad SMARTS) is 1. The Morgan fingerprint density at radius 2 is 2.33 bits per heavy atom. The molecule has 0 bridgehead atoms. The number of rotatable bonds is 5. The van der Waals surface area contributed by atoms with Crippen LogP contribution in [0.3, 0.4) is 0 Å². The van der Waals surface area contributed by atoms with Gasteiger partial charge in [0.25, 0.3) is 0 Å². The molecule has 4 nitrogen and oxygen atoms in total. The van der Waals surface area contributed by atoms with E-state index in [1.807, 2.05) is 11.4 Å². The van der Waals surface area contributed by atoms with E-state index in [0.717, 1.165) is 11.4 Å². The van der Waals surface area contributed by atoms with Gasteiger partial charge in [-0.3, -0.25) is 0 Å². The van der Waals surface area contributed by atoms with Crippen LogP contribution in [0.1, 0.15) is 15.4 Å². The van der Waals surface area contributed by atoms with Crippen molar-refractivity contribution in [2.24, 2.45) is 0 Å². The number of halogens is 1. The third kappa shape index (κ3) is 3.08. The zero-order chi connectivity index (χ0) is 13.0. The number of aromatic nitrogens is 1. The molecule has 0 atom stereocenters. The van der Waals surface area contributed by atoms with Crippen molar-refractivity contribution in [3.8, 4) is 0 Å². The number of aromatic carboxylic acids is 1. The van der Waals surface area contributed by atoms with E-state index < -0.39 is 5.97 Å². The number of anilines is 1. The second-order valence-corrected chi connectivity index (χ2v) is 5.40. The molecule has 0 aliphatic carbocycles. The van der Waals surface area contributed by atoms with Gasteiger partial charge in [0, 0.05) is 34.7 Å². The van der Waals surface area contributed by atoms with E-state index in [4.69, 9.17) is 5.11 Å². The van der Waals surface area contributed by atoms with Crippen molar-refractivity contribution in [1.82, 2.24) is 4.98 Å². The maximum atomic E-state index is 11.2. The molecule has 0 fully saturated rings. The summed E-state index contributed by atoms with van der Waals surface area (Å²) in [5, 5.41) is 15.2. The molecule has 2 aromatic rings. The average Bonchev–Trinajstić information content (AvgIpc) is 2.81. The van der Waals surface area contributed by atoms with Crippen molar-refractivity contribution >= 4 is 38.9 Å². The van der Waals surface area contributed by atoms with Crippen molar-refractivity contribution in [3.63, 3.8) is 0 Å². The molecule has 1 heterocycles. The van der Waals surface area contributed by atoms with Gasteiger partial charge in [0.15, 0.2) is 0 Å². The summed E-state index contributed by atoms with van der Waals surface area (Å²) in [5.41, 5.74) is 0.880. The first kappa shape index (κ1) is 13.0. The third-order valence-electron chi connectivity index (χ3n) is 2.37. The van der Waals surface area contributed by atoms with E-state index in [2.05, 4.69) is 26.2 Å². The minimum Gasteiger partial charge on any atom is -0.478 e. The van der Waals surface area contributed by atoms with Crippen LogP contribution in [0.4, 0.5) is 5.69 Å². The predicted octanol–water partition coefficient (Wildman–Crippen LogP) is 3.26. The molecule has 1 aromatic carbocycles. The lowest BCUT2D eigenvalue weighted by Crippen LogP contribution is -2.10. The van der Waals surface area contributed by atoms with E-state index in [-0.39, 0.29) is 5.56 Å². The first-order valence-corrected chi connectivity index (χ1v) is 7.00.